The summed E-state index contributed by atoms with van der Waals surface area (Å²) in [6, 6.07) is 9.69. The number of nitrogens with zero attached hydrogens (tertiary/aromatic N) is 2. The maximum absolute atomic E-state index is 13.0. The highest BCUT2D eigenvalue weighted by Gasteiger charge is 2.46. The van der Waals surface area contributed by atoms with Crippen LogP contribution in [0.25, 0.3) is 0 Å². The third kappa shape index (κ3) is 5.92. The fourth-order valence-electron chi connectivity index (χ4n) is 3.13. The standard InChI is InChI=1S/C18H26F3N3O/c1-24(2)16(22-12-14-7-4-3-5-8-14)23-13-17(25)10-6-9-15(11-17)18(19,20)21/h3-5,7-8,15,25H,6,9-13H2,1-2H3,(H,22,23). The van der Waals surface area contributed by atoms with Gasteiger partial charge in [0.15, 0.2) is 5.96 Å². The van der Waals surface area contributed by atoms with Crippen molar-refractivity contribution in [1.82, 2.24) is 10.2 Å². The molecule has 140 valence electrons. The normalized spacial score (nSPS) is 24.9. The van der Waals surface area contributed by atoms with Crippen molar-refractivity contribution in [3.8, 4) is 0 Å². The van der Waals surface area contributed by atoms with Crippen LogP contribution in [-0.4, -0.2) is 48.4 Å². The molecule has 1 aliphatic rings. The van der Waals surface area contributed by atoms with Crippen molar-refractivity contribution in [2.45, 2.75) is 44.0 Å². The van der Waals surface area contributed by atoms with Gasteiger partial charge in [0, 0.05) is 20.6 Å². The zero-order valence-corrected chi connectivity index (χ0v) is 14.7. The van der Waals surface area contributed by atoms with Crippen molar-refractivity contribution >= 4 is 5.96 Å². The number of aliphatic imine (C=N–C) groups is 1. The topological polar surface area (TPSA) is 47.9 Å². The Hall–Kier alpha value is -1.76. The monoisotopic (exact) mass is 357 g/mol. The van der Waals surface area contributed by atoms with Crippen molar-refractivity contribution in [3.05, 3.63) is 35.9 Å². The molecule has 7 heteroatoms. The zero-order chi connectivity index (χ0) is 18.5. The van der Waals surface area contributed by atoms with Gasteiger partial charge in [-0.15, -0.1) is 0 Å². The second-order valence-electron chi connectivity index (χ2n) is 6.93. The van der Waals surface area contributed by atoms with E-state index in [0.29, 0.717) is 25.3 Å². The molecule has 0 radical (unpaired) electrons. The predicted octanol–water partition coefficient (Wildman–Crippen LogP) is 3.18. The van der Waals surface area contributed by atoms with Gasteiger partial charge < -0.3 is 15.3 Å². The summed E-state index contributed by atoms with van der Waals surface area (Å²) in [4.78, 5) is 6.24. The second kappa shape index (κ2) is 8.08. The molecule has 2 N–H and O–H groups in total. The van der Waals surface area contributed by atoms with E-state index in [1.807, 2.05) is 30.3 Å². The number of aliphatic hydroxyl groups is 1. The van der Waals surface area contributed by atoms with Crippen LogP contribution in [0.5, 0.6) is 0 Å². The maximum Gasteiger partial charge on any atom is 0.391 e. The van der Waals surface area contributed by atoms with Gasteiger partial charge in [0.1, 0.15) is 0 Å². The largest absolute Gasteiger partial charge is 0.391 e. The number of alkyl halides is 3. The minimum absolute atomic E-state index is 0.0609. The minimum atomic E-state index is -4.25. The van der Waals surface area contributed by atoms with E-state index in [4.69, 9.17) is 0 Å². The Bertz CT molecular complexity index is 575. The number of nitrogens with one attached hydrogen (secondary N) is 1. The molecule has 0 spiro atoms. The van der Waals surface area contributed by atoms with Gasteiger partial charge in [0.05, 0.1) is 18.1 Å². The summed E-state index contributed by atoms with van der Waals surface area (Å²) in [5.41, 5.74) is -0.320. The summed E-state index contributed by atoms with van der Waals surface area (Å²) in [6.07, 6.45) is -3.68. The number of benzene rings is 1. The number of rotatable bonds is 4. The first-order chi connectivity index (χ1) is 11.7. The lowest BCUT2D eigenvalue weighted by Crippen LogP contribution is -2.50. The van der Waals surface area contributed by atoms with Crippen molar-refractivity contribution in [1.29, 1.82) is 0 Å². The van der Waals surface area contributed by atoms with E-state index >= 15 is 0 Å². The van der Waals surface area contributed by atoms with Crippen molar-refractivity contribution in [2.24, 2.45) is 10.9 Å². The number of hydrogen-bond acceptors (Lipinski definition) is 2. The molecule has 25 heavy (non-hydrogen) atoms. The molecule has 1 aromatic rings. The first-order valence-electron chi connectivity index (χ1n) is 8.48. The van der Waals surface area contributed by atoms with E-state index in [1.54, 1.807) is 19.0 Å². The van der Waals surface area contributed by atoms with Gasteiger partial charge in [-0.1, -0.05) is 30.3 Å². The van der Waals surface area contributed by atoms with Crippen LogP contribution in [-0.2, 0) is 6.54 Å². The predicted molar refractivity (Wildman–Crippen MR) is 92.2 cm³/mol. The van der Waals surface area contributed by atoms with Crippen LogP contribution in [0.4, 0.5) is 13.2 Å². The molecule has 0 amide bonds. The van der Waals surface area contributed by atoms with Crippen molar-refractivity contribution < 1.29 is 18.3 Å². The molecule has 4 nitrogen and oxygen atoms in total. The molecule has 2 unspecified atom stereocenters. The van der Waals surface area contributed by atoms with E-state index in [2.05, 4.69) is 10.3 Å². The highest BCUT2D eigenvalue weighted by molar-refractivity contribution is 5.79. The van der Waals surface area contributed by atoms with Crippen molar-refractivity contribution in [2.75, 3.05) is 20.6 Å². The molecule has 1 saturated carbocycles. The minimum Gasteiger partial charge on any atom is -0.388 e. The maximum atomic E-state index is 13.0. The van der Waals surface area contributed by atoms with Crippen LogP contribution in [0, 0.1) is 5.92 Å². The molecule has 1 aromatic carbocycles. The fourth-order valence-corrected chi connectivity index (χ4v) is 3.13. The van der Waals surface area contributed by atoms with Crippen LogP contribution in [0.2, 0.25) is 0 Å². The van der Waals surface area contributed by atoms with E-state index in [1.165, 1.54) is 0 Å². The molecule has 0 aliphatic heterocycles. The van der Waals surface area contributed by atoms with Gasteiger partial charge in [-0.25, -0.2) is 4.99 Å². The Morgan fingerprint density at radius 2 is 2.00 bits per heavy atom. The molecular weight excluding hydrogens is 331 g/mol. The van der Waals surface area contributed by atoms with E-state index in [0.717, 1.165) is 5.56 Å². The molecule has 1 aliphatic carbocycles. The molecule has 1 fully saturated rings. The summed E-state index contributed by atoms with van der Waals surface area (Å²) < 4.78 is 38.9. The highest BCUT2D eigenvalue weighted by Crippen LogP contribution is 2.41. The van der Waals surface area contributed by atoms with Crippen molar-refractivity contribution in [3.63, 3.8) is 0 Å². The summed E-state index contributed by atoms with van der Waals surface area (Å²) in [5.74, 6) is -0.886. The molecule has 0 bridgehead atoms. The highest BCUT2D eigenvalue weighted by atomic mass is 19.4. The van der Waals surface area contributed by atoms with Crippen LogP contribution in [0.3, 0.4) is 0 Å². The second-order valence-corrected chi connectivity index (χ2v) is 6.93. The zero-order valence-electron chi connectivity index (χ0n) is 14.7. The summed E-state index contributed by atoms with van der Waals surface area (Å²) >= 11 is 0. The lowest BCUT2D eigenvalue weighted by molar-refractivity contribution is -0.199. The summed E-state index contributed by atoms with van der Waals surface area (Å²) in [7, 11) is 3.61. The quantitative estimate of drug-likeness (QED) is 0.643. The lowest BCUT2D eigenvalue weighted by Gasteiger charge is -2.38. The third-order valence-electron chi connectivity index (χ3n) is 4.54. The average molecular weight is 357 g/mol. The number of hydrogen-bond donors (Lipinski definition) is 2. The third-order valence-corrected chi connectivity index (χ3v) is 4.54. The smallest absolute Gasteiger partial charge is 0.388 e. The van der Waals surface area contributed by atoms with Crippen LogP contribution in [0.1, 0.15) is 31.2 Å². The van der Waals surface area contributed by atoms with Crippen LogP contribution < -0.4 is 5.32 Å². The Labute approximate surface area is 146 Å². The van der Waals surface area contributed by atoms with E-state index < -0.39 is 17.7 Å². The van der Waals surface area contributed by atoms with E-state index in [-0.39, 0.29) is 19.4 Å². The Kier molecular flexibility index (Phi) is 6.32. The Morgan fingerprint density at radius 1 is 1.32 bits per heavy atom. The van der Waals surface area contributed by atoms with Gasteiger partial charge in [-0.3, -0.25) is 0 Å². The van der Waals surface area contributed by atoms with Gasteiger partial charge in [0.25, 0.3) is 0 Å². The van der Waals surface area contributed by atoms with E-state index in [9.17, 15) is 18.3 Å². The number of halogens is 3. The molecule has 0 heterocycles. The van der Waals surface area contributed by atoms with Gasteiger partial charge >= 0.3 is 6.18 Å². The summed E-state index contributed by atoms with van der Waals surface area (Å²) in [5, 5.41) is 13.6. The average Bonchev–Trinajstić information content (AvgIpc) is 2.54. The molecule has 2 rings (SSSR count). The number of guanidine groups is 1. The fraction of sp³-hybridized carbons (Fsp3) is 0.611. The Balaban J connectivity index is 1.98. The summed E-state index contributed by atoms with van der Waals surface area (Å²) in [6.45, 7) is 0.524. The lowest BCUT2D eigenvalue weighted by atomic mass is 9.77. The first kappa shape index (κ1) is 19.6. The molecular formula is C18H26F3N3O. The Morgan fingerprint density at radius 3 is 2.60 bits per heavy atom. The molecule has 2 atom stereocenters. The van der Waals surface area contributed by atoms with Crippen LogP contribution >= 0.6 is 0 Å². The van der Waals surface area contributed by atoms with Gasteiger partial charge in [-0.2, -0.15) is 13.2 Å². The molecule has 0 saturated heterocycles. The van der Waals surface area contributed by atoms with Gasteiger partial charge in [-0.05, 0) is 31.2 Å². The van der Waals surface area contributed by atoms with Gasteiger partial charge in [0.2, 0.25) is 0 Å². The molecule has 0 aromatic heterocycles. The van der Waals surface area contributed by atoms with Crippen LogP contribution in [0.15, 0.2) is 35.3 Å². The SMILES string of the molecule is CN(C)C(=NCc1ccccc1)NCC1(O)CCCC(C(F)(F)F)C1. The first-order valence-corrected chi connectivity index (χ1v) is 8.48.